The van der Waals surface area contributed by atoms with Crippen LogP contribution in [0.2, 0.25) is 0 Å². The first-order chi connectivity index (χ1) is 5.88. The zero-order valence-corrected chi connectivity index (χ0v) is 6.81. The largest absolute Gasteiger partial charge is 0.332 e. The third-order valence-electron chi connectivity index (χ3n) is 1.74. The molecule has 0 aliphatic rings. The molecule has 0 fully saturated rings. The SMILES string of the molecule is Cn1cncc1-c1ccccn1. The lowest BCUT2D eigenvalue weighted by molar-refractivity contribution is 0.916. The Morgan fingerprint density at radius 2 is 2.25 bits per heavy atom. The minimum atomic E-state index is 0.956. The number of hydrogen-bond donors (Lipinski definition) is 0. The van der Waals surface area contributed by atoms with Crippen molar-refractivity contribution in [3.05, 3.63) is 36.9 Å². The second-order valence-corrected chi connectivity index (χ2v) is 2.60. The number of imidazole rings is 1. The van der Waals surface area contributed by atoms with Gasteiger partial charge in [-0.05, 0) is 12.1 Å². The summed E-state index contributed by atoms with van der Waals surface area (Å²) < 4.78 is 1.95. The summed E-state index contributed by atoms with van der Waals surface area (Å²) in [5.74, 6) is 0. The highest BCUT2D eigenvalue weighted by molar-refractivity contribution is 5.52. The van der Waals surface area contributed by atoms with E-state index in [9.17, 15) is 0 Å². The molecule has 0 saturated carbocycles. The van der Waals surface area contributed by atoms with Crippen molar-refractivity contribution in [1.29, 1.82) is 0 Å². The molecule has 3 heteroatoms. The van der Waals surface area contributed by atoms with Gasteiger partial charge in [-0.2, -0.15) is 0 Å². The van der Waals surface area contributed by atoms with Crippen LogP contribution in [0, 0.1) is 0 Å². The lowest BCUT2D eigenvalue weighted by atomic mass is 10.3. The Morgan fingerprint density at radius 3 is 2.83 bits per heavy atom. The number of aromatic nitrogens is 3. The average Bonchev–Trinajstić information content (AvgIpc) is 2.53. The van der Waals surface area contributed by atoms with Gasteiger partial charge in [-0.15, -0.1) is 0 Å². The highest BCUT2D eigenvalue weighted by atomic mass is 15.0. The molecule has 0 spiro atoms. The van der Waals surface area contributed by atoms with Crippen molar-refractivity contribution < 1.29 is 0 Å². The van der Waals surface area contributed by atoms with Crippen molar-refractivity contribution >= 4 is 0 Å². The van der Waals surface area contributed by atoms with Crippen molar-refractivity contribution in [2.75, 3.05) is 0 Å². The maximum atomic E-state index is 4.22. The second-order valence-electron chi connectivity index (χ2n) is 2.60. The van der Waals surface area contributed by atoms with Gasteiger partial charge in [0.05, 0.1) is 23.9 Å². The van der Waals surface area contributed by atoms with Gasteiger partial charge in [-0.3, -0.25) is 4.98 Å². The average molecular weight is 159 g/mol. The van der Waals surface area contributed by atoms with Crippen LogP contribution in [0.5, 0.6) is 0 Å². The van der Waals surface area contributed by atoms with E-state index in [1.165, 1.54) is 0 Å². The van der Waals surface area contributed by atoms with E-state index in [0.29, 0.717) is 0 Å². The maximum Gasteiger partial charge on any atom is 0.0948 e. The monoisotopic (exact) mass is 159 g/mol. The molecule has 60 valence electrons. The summed E-state index contributed by atoms with van der Waals surface area (Å²) in [7, 11) is 1.96. The fraction of sp³-hybridized carbons (Fsp3) is 0.111. The van der Waals surface area contributed by atoms with Gasteiger partial charge in [0.2, 0.25) is 0 Å². The predicted molar refractivity (Wildman–Crippen MR) is 46.4 cm³/mol. The van der Waals surface area contributed by atoms with Gasteiger partial charge in [0.25, 0.3) is 0 Å². The number of rotatable bonds is 1. The first kappa shape index (κ1) is 7.03. The first-order valence-corrected chi connectivity index (χ1v) is 3.75. The van der Waals surface area contributed by atoms with E-state index in [-0.39, 0.29) is 0 Å². The predicted octanol–water partition coefficient (Wildman–Crippen LogP) is 1.48. The molecule has 0 aliphatic carbocycles. The molecular formula is C9H9N3. The second kappa shape index (κ2) is 2.77. The first-order valence-electron chi connectivity index (χ1n) is 3.75. The minimum Gasteiger partial charge on any atom is -0.332 e. The molecular weight excluding hydrogens is 150 g/mol. The Balaban J connectivity index is 2.51. The van der Waals surface area contributed by atoms with Crippen LogP contribution in [-0.2, 0) is 7.05 Å². The molecule has 2 rings (SSSR count). The van der Waals surface area contributed by atoms with E-state index in [1.54, 1.807) is 12.5 Å². The van der Waals surface area contributed by atoms with Crippen LogP contribution >= 0.6 is 0 Å². The molecule has 0 bridgehead atoms. The molecule has 0 atom stereocenters. The van der Waals surface area contributed by atoms with Gasteiger partial charge in [-0.1, -0.05) is 6.07 Å². The third-order valence-corrected chi connectivity index (χ3v) is 1.74. The van der Waals surface area contributed by atoms with Gasteiger partial charge in [0.15, 0.2) is 0 Å². The minimum absolute atomic E-state index is 0.956. The molecule has 2 aromatic heterocycles. The standard InChI is InChI=1S/C9H9N3/c1-12-7-10-6-9(12)8-4-2-3-5-11-8/h2-7H,1H3. The Bertz CT molecular complexity index is 364. The molecule has 0 aliphatic heterocycles. The van der Waals surface area contributed by atoms with Crippen LogP contribution in [0.1, 0.15) is 0 Å². The van der Waals surface area contributed by atoms with Crippen molar-refractivity contribution in [3.63, 3.8) is 0 Å². The van der Waals surface area contributed by atoms with Crippen molar-refractivity contribution in [3.8, 4) is 11.4 Å². The van der Waals surface area contributed by atoms with Crippen LogP contribution in [0.4, 0.5) is 0 Å². The zero-order chi connectivity index (χ0) is 8.39. The summed E-state index contributed by atoms with van der Waals surface area (Å²) in [5.41, 5.74) is 1.99. The van der Waals surface area contributed by atoms with E-state index in [0.717, 1.165) is 11.4 Å². The van der Waals surface area contributed by atoms with Crippen molar-refractivity contribution in [1.82, 2.24) is 14.5 Å². The maximum absolute atomic E-state index is 4.22. The molecule has 0 saturated heterocycles. The van der Waals surface area contributed by atoms with E-state index in [1.807, 2.05) is 36.0 Å². The Morgan fingerprint density at radius 1 is 1.33 bits per heavy atom. The van der Waals surface area contributed by atoms with Crippen LogP contribution in [0.15, 0.2) is 36.9 Å². The van der Waals surface area contributed by atoms with E-state index in [2.05, 4.69) is 9.97 Å². The zero-order valence-electron chi connectivity index (χ0n) is 6.81. The van der Waals surface area contributed by atoms with Gasteiger partial charge in [0, 0.05) is 13.2 Å². The van der Waals surface area contributed by atoms with Gasteiger partial charge in [-0.25, -0.2) is 4.98 Å². The van der Waals surface area contributed by atoms with Crippen LogP contribution in [0.25, 0.3) is 11.4 Å². The molecule has 0 radical (unpaired) electrons. The van der Waals surface area contributed by atoms with Crippen LogP contribution in [0.3, 0.4) is 0 Å². The molecule has 2 aromatic rings. The van der Waals surface area contributed by atoms with Crippen LogP contribution < -0.4 is 0 Å². The normalized spacial score (nSPS) is 10.1. The summed E-state index contributed by atoms with van der Waals surface area (Å²) in [6.45, 7) is 0. The Kier molecular flexibility index (Phi) is 1.63. The quantitative estimate of drug-likeness (QED) is 0.631. The van der Waals surface area contributed by atoms with Gasteiger partial charge in [0.1, 0.15) is 0 Å². The lowest BCUT2D eigenvalue weighted by Gasteiger charge is -1.98. The van der Waals surface area contributed by atoms with E-state index < -0.39 is 0 Å². The molecule has 0 amide bonds. The fourth-order valence-electron chi connectivity index (χ4n) is 1.12. The molecule has 0 N–H and O–H groups in total. The highest BCUT2D eigenvalue weighted by Gasteiger charge is 2.00. The molecule has 0 aromatic carbocycles. The third kappa shape index (κ3) is 1.09. The summed E-state index contributed by atoms with van der Waals surface area (Å²) in [6, 6.07) is 5.84. The smallest absolute Gasteiger partial charge is 0.0948 e. The van der Waals surface area contributed by atoms with Gasteiger partial charge < -0.3 is 4.57 Å². The summed E-state index contributed by atoms with van der Waals surface area (Å²) in [6.07, 6.45) is 5.36. The lowest BCUT2D eigenvalue weighted by Crippen LogP contribution is -1.90. The highest BCUT2D eigenvalue weighted by Crippen LogP contribution is 2.13. The number of pyridine rings is 1. The summed E-state index contributed by atoms with van der Waals surface area (Å²) in [5, 5.41) is 0. The Labute approximate surface area is 70.7 Å². The van der Waals surface area contributed by atoms with Gasteiger partial charge >= 0.3 is 0 Å². The number of aryl methyl sites for hydroxylation is 1. The molecule has 3 nitrogen and oxygen atoms in total. The Hall–Kier alpha value is -1.64. The molecule has 0 unspecified atom stereocenters. The molecule has 12 heavy (non-hydrogen) atoms. The van der Waals surface area contributed by atoms with Crippen LogP contribution in [-0.4, -0.2) is 14.5 Å². The van der Waals surface area contributed by atoms with E-state index in [4.69, 9.17) is 0 Å². The van der Waals surface area contributed by atoms with Crippen molar-refractivity contribution in [2.24, 2.45) is 7.05 Å². The van der Waals surface area contributed by atoms with Crippen molar-refractivity contribution in [2.45, 2.75) is 0 Å². The summed E-state index contributed by atoms with van der Waals surface area (Å²) >= 11 is 0. The summed E-state index contributed by atoms with van der Waals surface area (Å²) in [4.78, 5) is 8.24. The fourth-order valence-corrected chi connectivity index (χ4v) is 1.12. The topological polar surface area (TPSA) is 30.7 Å². The van der Waals surface area contributed by atoms with E-state index >= 15 is 0 Å². The molecule has 2 heterocycles. The number of hydrogen-bond acceptors (Lipinski definition) is 2. The number of nitrogens with zero attached hydrogens (tertiary/aromatic N) is 3.